The third-order valence-electron chi connectivity index (χ3n) is 5.32. The van der Waals surface area contributed by atoms with Crippen molar-refractivity contribution >= 4 is 17.9 Å². The molecule has 0 spiro atoms. The zero-order valence-electron chi connectivity index (χ0n) is 15.7. The molecular formula is C21H23FN4O2. The summed E-state index contributed by atoms with van der Waals surface area (Å²) in [5.41, 5.74) is 2.01. The Labute approximate surface area is 163 Å². The predicted octanol–water partition coefficient (Wildman–Crippen LogP) is 2.36. The lowest BCUT2D eigenvalue weighted by molar-refractivity contribution is -0.127. The van der Waals surface area contributed by atoms with Crippen LogP contribution in [0.25, 0.3) is 6.08 Å². The van der Waals surface area contributed by atoms with Gasteiger partial charge in [-0.3, -0.25) is 14.3 Å². The number of nitrogens with zero attached hydrogens (tertiary/aromatic N) is 4. The van der Waals surface area contributed by atoms with Crippen LogP contribution in [0, 0.1) is 5.82 Å². The van der Waals surface area contributed by atoms with Crippen LogP contribution < -0.4 is 0 Å². The Bertz CT molecular complexity index is 889. The van der Waals surface area contributed by atoms with Gasteiger partial charge in [0.25, 0.3) is 5.91 Å². The minimum absolute atomic E-state index is 0.0732. The SMILES string of the molecule is O=C(C=Cc1ccccc1F)N1CCN(C(=O)c2cc3n(n2)CCCC3)CC1. The molecule has 0 saturated carbocycles. The zero-order valence-corrected chi connectivity index (χ0v) is 15.7. The van der Waals surface area contributed by atoms with E-state index in [-0.39, 0.29) is 17.6 Å². The van der Waals surface area contributed by atoms with Crippen molar-refractivity contribution in [3.8, 4) is 0 Å². The highest BCUT2D eigenvalue weighted by molar-refractivity contribution is 5.94. The lowest BCUT2D eigenvalue weighted by Crippen LogP contribution is -2.50. The van der Waals surface area contributed by atoms with Gasteiger partial charge in [-0.15, -0.1) is 0 Å². The number of aromatic nitrogens is 2. The minimum Gasteiger partial charge on any atom is -0.336 e. The van der Waals surface area contributed by atoms with Crippen molar-refractivity contribution in [2.24, 2.45) is 0 Å². The number of rotatable bonds is 3. The summed E-state index contributed by atoms with van der Waals surface area (Å²) in [6, 6.07) is 8.23. The monoisotopic (exact) mass is 382 g/mol. The number of amides is 2. The standard InChI is InChI=1S/C21H23FN4O2/c22-18-7-2-1-5-16(18)8-9-20(27)24-11-13-25(14-12-24)21(28)19-15-17-6-3-4-10-26(17)23-19/h1-2,5,7-9,15H,3-4,6,10-14H2. The molecule has 0 atom stereocenters. The second-order valence-corrected chi connectivity index (χ2v) is 7.17. The van der Waals surface area contributed by atoms with Crippen molar-refractivity contribution in [1.29, 1.82) is 0 Å². The molecule has 1 saturated heterocycles. The molecule has 6 nitrogen and oxygen atoms in total. The maximum atomic E-state index is 13.6. The number of benzene rings is 1. The zero-order chi connectivity index (χ0) is 19.5. The van der Waals surface area contributed by atoms with Gasteiger partial charge in [-0.25, -0.2) is 4.39 Å². The van der Waals surface area contributed by atoms with E-state index in [1.165, 1.54) is 18.2 Å². The molecule has 3 heterocycles. The van der Waals surface area contributed by atoms with E-state index < -0.39 is 0 Å². The first-order chi connectivity index (χ1) is 13.6. The molecule has 2 aromatic rings. The van der Waals surface area contributed by atoms with Gasteiger partial charge in [0.1, 0.15) is 5.82 Å². The molecule has 1 aromatic heterocycles. The summed E-state index contributed by atoms with van der Waals surface area (Å²) in [5.74, 6) is -0.603. The Morgan fingerprint density at radius 3 is 2.50 bits per heavy atom. The first kappa shape index (κ1) is 18.4. The van der Waals surface area contributed by atoms with E-state index in [0.29, 0.717) is 37.4 Å². The topological polar surface area (TPSA) is 58.4 Å². The number of hydrogen-bond donors (Lipinski definition) is 0. The van der Waals surface area contributed by atoms with Crippen molar-refractivity contribution in [3.63, 3.8) is 0 Å². The van der Waals surface area contributed by atoms with Crippen LogP contribution >= 0.6 is 0 Å². The molecule has 1 fully saturated rings. The molecule has 146 valence electrons. The lowest BCUT2D eigenvalue weighted by Gasteiger charge is -2.33. The van der Waals surface area contributed by atoms with Crippen LogP contribution in [0.2, 0.25) is 0 Å². The van der Waals surface area contributed by atoms with Crippen LogP contribution in [0.1, 0.15) is 34.6 Å². The van der Waals surface area contributed by atoms with Gasteiger partial charge in [-0.2, -0.15) is 5.10 Å². The normalized spacial score (nSPS) is 17.0. The van der Waals surface area contributed by atoms with Crippen LogP contribution in [0.15, 0.2) is 36.4 Å². The van der Waals surface area contributed by atoms with Crippen LogP contribution in [0.3, 0.4) is 0 Å². The van der Waals surface area contributed by atoms with Gasteiger partial charge in [-0.05, 0) is 37.5 Å². The van der Waals surface area contributed by atoms with Crippen LogP contribution in [-0.2, 0) is 17.8 Å². The summed E-state index contributed by atoms with van der Waals surface area (Å²) in [6.45, 7) is 2.74. The molecule has 0 radical (unpaired) electrons. The molecule has 2 aliphatic rings. The molecule has 1 aromatic carbocycles. The van der Waals surface area contributed by atoms with Gasteiger partial charge in [0.15, 0.2) is 5.69 Å². The maximum absolute atomic E-state index is 13.6. The summed E-state index contributed by atoms with van der Waals surface area (Å²) in [4.78, 5) is 28.5. The Morgan fingerprint density at radius 1 is 1.00 bits per heavy atom. The highest BCUT2D eigenvalue weighted by atomic mass is 19.1. The first-order valence-corrected chi connectivity index (χ1v) is 9.69. The number of piperazine rings is 1. The van der Waals surface area contributed by atoms with Gasteiger partial charge in [-0.1, -0.05) is 18.2 Å². The number of carbonyl (C=O) groups excluding carboxylic acids is 2. The van der Waals surface area contributed by atoms with Crippen LogP contribution in [0.5, 0.6) is 0 Å². The average Bonchev–Trinajstić information content (AvgIpc) is 3.17. The molecular weight excluding hydrogens is 359 g/mol. The fourth-order valence-corrected chi connectivity index (χ4v) is 3.69. The van der Waals surface area contributed by atoms with E-state index in [4.69, 9.17) is 0 Å². The van der Waals surface area contributed by atoms with E-state index in [0.717, 1.165) is 31.5 Å². The third kappa shape index (κ3) is 3.83. The Morgan fingerprint density at radius 2 is 1.75 bits per heavy atom. The Balaban J connectivity index is 1.34. The fraction of sp³-hybridized carbons (Fsp3) is 0.381. The van der Waals surface area contributed by atoms with Crippen molar-refractivity contribution < 1.29 is 14.0 Å². The summed E-state index contributed by atoms with van der Waals surface area (Å²) in [5, 5.41) is 4.45. The van der Waals surface area contributed by atoms with Gasteiger partial charge in [0.2, 0.25) is 5.91 Å². The van der Waals surface area contributed by atoms with E-state index in [1.807, 2.05) is 10.7 Å². The highest BCUT2D eigenvalue weighted by Gasteiger charge is 2.26. The first-order valence-electron chi connectivity index (χ1n) is 9.69. The summed E-state index contributed by atoms with van der Waals surface area (Å²) in [6.07, 6.45) is 6.09. The Kier molecular flexibility index (Phi) is 5.23. The molecule has 0 unspecified atom stereocenters. The molecule has 28 heavy (non-hydrogen) atoms. The van der Waals surface area contributed by atoms with E-state index in [1.54, 1.807) is 28.0 Å². The van der Waals surface area contributed by atoms with Crippen LogP contribution in [-0.4, -0.2) is 57.6 Å². The average molecular weight is 382 g/mol. The largest absolute Gasteiger partial charge is 0.336 e. The lowest BCUT2D eigenvalue weighted by atomic mass is 10.1. The molecule has 7 heteroatoms. The quantitative estimate of drug-likeness (QED) is 0.766. The van der Waals surface area contributed by atoms with E-state index in [2.05, 4.69) is 5.10 Å². The van der Waals surface area contributed by atoms with Gasteiger partial charge >= 0.3 is 0 Å². The van der Waals surface area contributed by atoms with Crippen molar-refractivity contribution in [3.05, 3.63) is 59.2 Å². The number of carbonyl (C=O) groups is 2. The number of fused-ring (bicyclic) bond motifs is 1. The third-order valence-corrected chi connectivity index (χ3v) is 5.32. The highest BCUT2D eigenvalue weighted by Crippen LogP contribution is 2.17. The van der Waals surface area contributed by atoms with Crippen molar-refractivity contribution in [2.45, 2.75) is 25.8 Å². The maximum Gasteiger partial charge on any atom is 0.274 e. The fourth-order valence-electron chi connectivity index (χ4n) is 3.69. The smallest absolute Gasteiger partial charge is 0.274 e. The van der Waals surface area contributed by atoms with Gasteiger partial charge in [0, 0.05) is 50.1 Å². The van der Waals surface area contributed by atoms with Crippen molar-refractivity contribution in [1.82, 2.24) is 19.6 Å². The number of aryl methyl sites for hydroxylation is 2. The predicted molar refractivity (Wildman–Crippen MR) is 103 cm³/mol. The second-order valence-electron chi connectivity index (χ2n) is 7.17. The molecule has 2 aliphatic heterocycles. The minimum atomic E-state index is -0.357. The number of halogens is 1. The molecule has 4 rings (SSSR count). The molecule has 0 aliphatic carbocycles. The second kappa shape index (κ2) is 7.96. The van der Waals surface area contributed by atoms with Gasteiger partial charge < -0.3 is 9.80 Å². The summed E-state index contributed by atoms with van der Waals surface area (Å²) in [7, 11) is 0. The van der Waals surface area contributed by atoms with Gasteiger partial charge in [0.05, 0.1) is 0 Å². The Hall–Kier alpha value is -2.96. The molecule has 0 bridgehead atoms. The summed E-state index contributed by atoms with van der Waals surface area (Å²) >= 11 is 0. The number of hydrogen-bond acceptors (Lipinski definition) is 3. The van der Waals surface area contributed by atoms with Crippen molar-refractivity contribution in [2.75, 3.05) is 26.2 Å². The van der Waals surface area contributed by atoms with E-state index >= 15 is 0 Å². The van der Waals surface area contributed by atoms with Crippen LogP contribution in [0.4, 0.5) is 4.39 Å². The molecule has 0 N–H and O–H groups in total. The molecule has 2 amide bonds. The summed E-state index contributed by atoms with van der Waals surface area (Å²) < 4.78 is 15.6. The van der Waals surface area contributed by atoms with E-state index in [9.17, 15) is 14.0 Å².